The Morgan fingerprint density at radius 1 is 1.31 bits per heavy atom. The van der Waals surface area contributed by atoms with Gasteiger partial charge in [-0.25, -0.2) is 4.98 Å². The summed E-state index contributed by atoms with van der Waals surface area (Å²) in [6.07, 6.45) is 6.07. The third kappa shape index (κ3) is 4.69. The van der Waals surface area contributed by atoms with Crippen molar-refractivity contribution >= 4 is 35.0 Å². The van der Waals surface area contributed by atoms with Gasteiger partial charge in [0.25, 0.3) is 0 Å². The maximum Gasteiger partial charge on any atom is 0.461 e. The van der Waals surface area contributed by atoms with Gasteiger partial charge < -0.3 is 14.6 Å². The Labute approximate surface area is 153 Å². The van der Waals surface area contributed by atoms with Crippen molar-refractivity contribution in [3.63, 3.8) is 0 Å². The minimum absolute atomic E-state index is 0.279. The van der Waals surface area contributed by atoms with Gasteiger partial charge in [-0.3, -0.25) is 0 Å². The first-order chi connectivity index (χ1) is 12.5. The molecule has 2 heterocycles. The van der Waals surface area contributed by atoms with E-state index in [1.165, 1.54) is 6.20 Å². The van der Waals surface area contributed by atoms with Crippen LogP contribution >= 0.6 is 11.9 Å². The Balaban J connectivity index is 1.98. The second-order valence-corrected chi connectivity index (χ2v) is 6.67. The van der Waals surface area contributed by atoms with Gasteiger partial charge >= 0.3 is 5.51 Å². The Kier molecular flexibility index (Phi) is 5.70. The smallest absolute Gasteiger partial charge is 0.372 e. The van der Waals surface area contributed by atoms with E-state index in [2.05, 4.69) is 29.8 Å². The highest BCUT2D eigenvalue weighted by Crippen LogP contribution is 2.40. The van der Waals surface area contributed by atoms with Gasteiger partial charge in [0, 0.05) is 31.2 Å². The summed E-state index contributed by atoms with van der Waals surface area (Å²) in [5, 5.41) is 8.08. The van der Waals surface area contributed by atoms with Gasteiger partial charge in [-0.05, 0) is 43.9 Å². The predicted molar refractivity (Wildman–Crippen MR) is 97.3 cm³/mol. The van der Waals surface area contributed by atoms with Crippen LogP contribution in [0, 0.1) is 0 Å². The largest absolute Gasteiger partial charge is 0.461 e. The average molecular weight is 384 g/mol. The molecule has 3 rings (SSSR count). The molecule has 2 aromatic rings. The molecule has 0 saturated heterocycles. The molecule has 0 fully saturated rings. The molecule has 1 aliphatic heterocycles. The maximum atomic E-state index is 12.7. The summed E-state index contributed by atoms with van der Waals surface area (Å²) in [5.74, 6) is 0.296. The van der Waals surface area contributed by atoms with Crippen LogP contribution in [0.2, 0.25) is 0 Å². The number of azo groups is 1. The van der Waals surface area contributed by atoms with Crippen molar-refractivity contribution in [3.8, 4) is 0 Å². The van der Waals surface area contributed by atoms with Crippen molar-refractivity contribution in [2.75, 3.05) is 22.7 Å². The van der Waals surface area contributed by atoms with Gasteiger partial charge in [0.15, 0.2) is 0 Å². The zero-order chi connectivity index (χ0) is 18.6. The number of halogens is 3. The Bertz CT molecular complexity index is 760. The van der Waals surface area contributed by atoms with E-state index in [-0.39, 0.29) is 17.6 Å². The van der Waals surface area contributed by atoms with Crippen LogP contribution in [-0.4, -0.2) is 28.6 Å². The molecule has 140 valence electrons. The monoisotopic (exact) mass is 384 g/mol. The number of nitrogens with one attached hydrogen (secondary N) is 2. The van der Waals surface area contributed by atoms with Crippen LogP contribution < -0.4 is 9.62 Å². The number of H-pyrrole nitrogens is 1. The van der Waals surface area contributed by atoms with Crippen LogP contribution in [0.15, 0.2) is 34.8 Å². The first kappa shape index (κ1) is 18.6. The summed E-state index contributed by atoms with van der Waals surface area (Å²) in [6.45, 7) is 3.73. The number of anilines is 2. The number of imidazole rings is 1. The molecule has 6 nitrogen and oxygen atoms in total. The number of aromatic nitrogens is 2. The number of hydrogen-bond donors (Lipinski definition) is 2. The van der Waals surface area contributed by atoms with E-state index >= 15 is 0 Å². The molecule has 0 radical (unpaired) electrons. The lowest BCUT2D eigenvalue weighted by Crippen LogP contribution is -2.23. The van der Waals surface area contributed by atoms with E-state index in [4.69, 9.17) is 0 Å². The maximum absolute atomic E-state index is 12.7. The Hall–Kier alpha value is -2.23. The second-order valence-electron chi connectivity index (χ2n) is 5.80. The van der Waals surface area contributed by atoms with Crippen molar-refractivity contribution < 1.29 is 13.2 Å². The van der Waals surface area contributed by atoms with Crippen LogP contribution in [-0.2, 0) is 6.42 Å². The van der Waals surface area contributed by atoms with Crippen molar-refractivity contribution in [2.24, 2.45) is 10.2 Å². The minimum atomic E-state index is -4.40. The number of alkyl halides is 3. The van der Waals surface area contributed by atoms with Gasteiger partial charge in [-0.1, -0.05) is 0 Å². The molecule has 0 spiro atoms. The highest BCUT2D eigenvalue weighted by Gasteiger charge is 2.29. The molecule has 1 aromatic carbocycles. The van der Waals surface area contributed by atoms with Crippen LogP contribution in [0.5, 0.6) is 0 Å². The quantitative estimate of drug-likeness (QED) is 0.522. The Morgan fingerprint density at radius 3 is 2.85 bits per heavy atom. The van der Waals surface area contributed by atoms with Gasteiger partial charge in [-0.15, -0.1) is 10.2 Å². The fraction of sp³-hybridized carbons (Fsp3) is 0.438. The van der Waals surface area contributed by atoms with Crippen LogP contribution in [0.1, 0.15) is 25.3 Å². The summed E-state index contributed by atoms with van der Waals surface area (Å²) >= 11 is -0.305. The number of benzene rings is 1. The van der Waals surface area contributed by atoms with E-state index in [9.17, 15) is 13.2 Å². The lowest BCUT2D eigenvalue weighted by atomic mass is 10.1. The summed E-state index contributed by atoms with van der Waals surface area (Å²) in [6, 6.07) is 3.55. The zero-order valence-corrected chi connectivity index (χ0v) is 15.0. The minimum Gasteiger partial charge on any atom is -0.372 e. The first-order valence-corrected chi connectivity index (χ1v) is 9.11. The van der Waals surface area contributed by atoms with Crippen molar-refractivity contribution in [3.05, 3.63) is 30.1 Å². The molecule has 1 aromatic heterocycles. The third-order valence-electron chi connectivity index (χ3n) is 4.06. The molecule has 1 aliphatic rings. The van der Waals surface area contributed by atoms with Gasteiger partial charge in [0.05, 0.1) is 17.6 Å². The molecule has 2 N–H and O–H groups in total. The highest BCUT2D eigenvalue weighted by atomic mass is 32.2. The fourth-order valence-electron chi connectivity index (χ4n) is 2.87. The molecular formula is C16H19F3N6S. The van der Waals surface area contributed by atoms with Crippen molar-refractivity contribution in [1.29, 1.82) is 0 Å². The number of fused-ring (bicyclic) bond motifs is 1. The van der Waals surface area contributed by atoms with E-state index in [1.807, 2.05) is 13.0 Å². The number of aromatic amines is 1. The van der Waals surface area contributed by atoms with Gasteiger partial charge in [0.2, 0.25) is 5.95 Å². The molecule has 0 aliphatic carbocycles. The number of aryl methyl sites for hydroxylation is 1. The van der Waals surface area contributed by atoms with E-state index in [1.54, 1.807) is 12.3 Å². The number of nitrogens with zero attached hydrogens (tertiary/aromatic N) is 4. The van der Waals surface area contributed by atoms with Crippen LogP contribution in [0.4, 0.5) is 36.2 Å². The second kappa shape index (κ2) is 7.98. The van der Waals surface area contributed by atoms with Crippen molar-refractivity contribution in [2.45, 2.75) is 31.7 Å². The number of hydrogen-bond acceptors (Lipinski definition) is 6. The normalized spacial score (nSPS) is 15.2. The molecular weight excluding hydrogens is 365 g/mol. The van der Waals surface area contributed by atoms with Crippen molar-refractivity contribution in [1.82, 2.24) is 9.97 Å². The lowest BCUT2D eigenvalue weighted by Gasteiger charge is -2.24. The predicted octanol–water partition coefficient (Wildman–Crippen LogP) is 5.57. The number of rotatable bonds is 5. The highest BCUT2D eigenvalue weighted by molar-refractivity contribution is 8.01. The lowest BCUT2D eigenvalue weighted by molar-refractivity contribution is -0.0323. The summed E-state index contributed by atoms with van der Waals surface area (Å²) in [4.78, 5) is 8.91. The summed E-state index contributed by atoms with van der Waals surface area (Å²) in [7, 11) is 0. The van der Waals surface area contributed by atoms with Crippen LogP contribution in [0.25, 0.3) is 0 Å². The third-order valence-corrected chi connectivity index (χ3v) is 4.61. The molecule has 0 unspecified atom stereocenters. The van der Waals surface area contributed by atoms with Gasteiger partial charge in [-0.2, -0.15) is 13.2 Å². The topological polar surface area (TPSA) is 68.7 Å². The van der Waals surface area contributed by atoms with E-state index in [0.29, 0.717) is 11.6 Å². The fourth-order valence-corrected chi connectivity index (χ4v) is 3.26. The Morgan fingerprint density at radius 2 is 2.15 bits per heavy atom. The standard InChI is InChI=1S/C16H19F3N6S/c1-2-25-8-4-3-5-11-9-12(22-23-15-20-6-7-21-15)13(10-14(11)25)24-26-16(17,18)19/h6-7,9-10,24H,2-5,8H2,1H3,(H,20,21). The first-order valence-electron chi connectivity index (χ1n) is 8.30. The van der Waals surface area contributed by atoms with E-state index in [0.717, 1.165) is 43.6 Å². The summed E-state index contributed by atoms with van der Waals surface area (Å²) in [5.41, 5.74) is -1.74. The molecule has 0 bridgehead atoms. The molecule has 0 atom stereocenters. The molecule has 10 heteroatoms. The van der Waals surface area contributed by atoms with Gasteiger partial charge in [0.1, 0.15) is 5.69 Å². The SMILES string of the molecule is CCN1CCCCc2cc(N=Nc3ncc[nH]3)c(NSC(F)(F)F)cc21. The van der Waals surface area contributed by atoms with E-state index < -0.39 is 5.51 Å². The molecule has 0 amide bonds. The summed E-state index contributed by atoms with van der Waals surface area (Å²) < 4.78 is 40.3. The van der Waals surface area contributed by atoms with Crippen LogP contribution in [0.3, 0.4) is 0 Å². The molecule has 26 heavy (non-hydrogen) atoms. The average Bonchev–Trinajstić information content (AvgIpc) is 3.04. The zero-order valence-electron chi connectivity index (χ0n) is 14.2. The molecule has 0 saturated carbocycles.